The molecule has 0 aliphatic carbocycles. The largest absolute Gasteiger partial charge is 0.509 e. The molecule has 1 aromatic rings. The summed E-state index contributed by atoms with van der Waals surface area (Å²) in [5, 5.41) is 0. The molecule has 0 saturated carbocycles. The lowest BCUT2D eigenvalue weighted by Gasteiger charge is -2.35. The molecule has 1 atom stereocenters. The lowest BCUT2D eigenvalue weighted by Crippen LogP contribution is -2.40. The summed E-state index contributed by atoms with van der Waals surface area (Å²) < 4.78 is 23.4. The summed E-state index contributed by atoms with van der Waals surface area (Å²) in [5.74, 6) is -0.300. The highest BCUT2D eigenvalue weighted by atomic mass is 127. The van der Waals surface area contributed by atoms with E-state index in [1.54, 1.807) is 12.1 Å². The van der Waals surface area contributed by atoms with E-state index >= 15 is 0 Å². The predicted octanol–water partition coefficient (Wildman–Crippen LogP) is 3.01. The summed E-state index contributed by atoms with van der Waals surface area (Å²) in [7, 11) is 0. The van der Waals surface area contributed by atoms with Crippen molar-refractivity contribution in [1.29, 1.82) is 0 Å². The van der Waals surface area contributed by atoms with Gasteiger partial charge < -0.3 is 9.47 Å². The average molecular weight is 336 g/mol. The summed E-state index contributed by atoms with van der Waals surface area (Å²) in [6.07, 6.45) is -0.0694. The molecule has 0 bridgehead atoms. The second-order valence-electron chi connectivity index (χ2n) is 3.59. The van der Waals surface area contributed by atoms with Gasteiger partial charge in [0.15, 0.2) is 5.60 Å². The minimum absolute atomic E-state index is 0.300. The van der Waals surface area contributed by atoms with Crippen LogP contribution in [-0.2, 0) is 15.1 Å². The molecule has 0 amide bonds. The number of ether oxygens (including phenoxy) is 2. The van der Waals surface area contributed by atoms with Gasteiger partial charge in [-0.15, -0.1) is 0 Å². The minimum atomic E-state index is -0.677. The van der Waals surface area contributed by atoms with Crippen LogP contribution in [-0.4, -0.2) is 17.2 Å². The highest BCUT2D eigenvalue weighted by Gasteiger charge is 2.39. The number of benzene rings is 1. The van der Waals surface area contributed by atoms with Crippen molar-refractivity contribution in [2.75, 3.05) is 11.0 Å². The third-order valence-corrected chi connectivity index (χ3v) is 3.82. The Balaban J connectivity index is 2.33. The van der Waals surface area contributed by atoms with E-state index in [9.17, 15) is 9.18 Å². The Hall–Kier alpha value is -0.850. The van der Waals surface area contributed by atoms with Crippen LogP contribution in [0.15, 0.2) is 24.3 Å². The van der Waals surface area contributed by atoms with Crippen molar-refractivity contribution in [3.8, 4) is 0 Å². The fraction of sp³-hybridized carbons (Fsp3) is 0.364. The lowest BCUT2D eigenvalue weighted by molar-refractivity contribution is -0.0750. The second-order valence-corrected chi connectivity index (χ2v) is 4.35. The van der Waals surface area contributed by atoms with Crippen LogP contribution in [0.4, 0.5) is 9.18 Å². The molecule has 0 spiro atoms. The molecule has 1 aliphatic heterocycles. The molecule has 0 unspecified atom stereocenters. The van der Waals surface area contributed by atoms with Crippen LogP contribution in [0.2, 0.25) is 0 Å². The van der Waals surface area contributed by atoms with Crippen LogP contribution in [0.25, 0.3) is 0 Å². The molecule has 1 saturated heterocycles. The van der Waals surface area contributed by atoms with Crippen LogP contribution in [0.5, 0.6) is 0 Å². The van der Waals surface area contributed by atoms with E-state index in [0.717, 1.165) is 5.56 Å². The van der Waals surface area contributed by atoms with Gasteiger partial charge in [-0.05, 0) is 17.7 Å². The highest BCUT2D eigenvalue weighted by molar-refractivity contribution is 14.1. The first-order valence-electron chi connectivity index (χ1n) is 4.84. The number of hydrogen-bond donors (Lipinski definition) is 0. The standard InChI is InChI=1S/C11H10FIO3/c12-9-3-1-8(2-4-9)11(7-13)5-6-15-10(14)16-11/h1-4H,5-7H2/t11-/m0/s1. The molecule has 3 nitrogen and oxygen atoms in total. The zero-order chi connectivity index (χ0) is 11.6. The van der Waals surface area contributed by atoms with Gasteiger partial charge in [0, 0.05) is 10.8 Å². The third-order valence-electron chi connectivity index (χ3n) is 2.59. The topological polar surface area (TPSA) is 35.5 Å². The van der Waals surface area contributed by atoms with Gasteiger partial charge in [0.1, 0.15) is 5.82 Å². The van der Waals surface area contributed by atoms with E-state index in [-0.39, 0.29) is 5.82 Å². The molecule has 86 valence electrons. The van der Waals surface area contributed by atoms with Gasteiger partial charge >= 0.3 is 6.16 Å². The zero-order valence-electron chi connectivity index (χ0n) is 8.41. The number of hydrogen-bond acceptors (Lipinski definition) is 3. The molecule has 1 aliphatic rings. The van der Waals surface area contributed by atoms with Crippen molar-refractivity contribution in [3.63, 3.8) is 0 Å². The molecule has 0 radical (unpaired) electrons. The molecule has 16 heavy (non-hydrogen) atoms. The summed E-state index contributed by atoms with van der Waals surface area (Å²) >= 11 is 2.16. The molecular weight excluding hydrogens is 326 g/mol. The Labute approximate surface area is 106 Å². The van der Waals surface area contributed by atoms with E-state index in [2.05, 4.69) is 22.6 Å². The summed E-state index contributed by atoms with van der Waals surface area (Å²) in [6, 6.07) is 6.03. The summed E-state index contributed by atoms with van der Waals surface area (Å²) in [6.45, 7) is 0.333. The van der Waals surface area contributed by atoms with Crippen molar-refractivity contribution in [3.05, 3.63) is 35.6 Å². The van der Waals surface area contributed by atoms with Crippen molar-refractivity contribution < 1.29 is 18.7 Å². The van der Waals surface area contributed by atoms with Crippen molar-refractivity contribution >= 4 is 28.7 Å². The van der Waals surface area contributed by atoms with Gasteiger partial charge in [-0.3, -0.25) is 0 Å². The average Bonchev–Trinajstić information content (AvgIpc) is 2.29. The summed E-state index contributed by atoms with van der Waals surface area (Å²) in [4.78, 5) is 11.2. The molecule has 2 rings (SSSR count). The minimum Gasteiger partial charge on any atom is -0.434 e. The predicted molar refractivity (Wildman–Crippen MR) is 64.0 cm³/mol. The first-order chi connectivity index (χ1) is 7.66. The van der Waals surface area contributed by atoms with Crippen molar-refractivity contribution in [2.45, 2.75) is 12.0 Å². The molecule has 1 fully saturated rings. The first-order valence-corrected chi connectivity index (χ1v) is 6.37. The zero-order valence-corrected chi connectivity index (χ0v) is 10.6. The third kappa shape index (κ3) is 2.14. The number of halogens is 2. The fourth-order valence-corrected chi connectivity index (χ4v) is 2.64. The molecule has 5 heteroatoms. The smallest absolute Gasteiger partial charge is 0.434 e. The number of carbonyl (C=O) groups is 1. The second kappa shape index (κ2) is 4.57. The SMILES string of the molecule is O=C1OCC[C@](CI)(c2ccc(F)cc2)O1. The number of alkyl halides is 1. The van der Waals surface area contributed by atoms with Gasteiger partial charge in [0.05, 0.1) is 6.61 Å². The maximum absolute atomic E-state index is 12.8. The van der Waals surface area contributed by atoms with Gasteiger partial charge in [0.2, 0.25) is 0 Å². The van der Waals surface area contributed by atoms with Crippen LogP contribution < -0.4 is 0 Å². The van der Waals surface area contributed by atoms with Crippen LogP contribution in [0, 0.1) is 5.82 Å². The van der Waals surface area contributed by atoms with Crippen molar-refractivity contribution in [1.82, 2.24) is 0 Å². The molecular formula is C11H10FIO3. The van der Waals surface area contributed by atoms with Crippen LogP contribution >= 0.6 is 22.6 Å². The van der Waals surface area contributed by atoms with Crippen LogP contribution in [0.1, 0.15) is 12.0 Å². The Morgan fingerprint density at radius 3 is 2.62 bits per heavy atom. The highest BCUT2D eigenvalue weighted by Crippen LogP contribution is 2.35. The maximum atomic E-state index is 12.8. The number of rotatable bonds is 2. The Morgan fingerprint density at radius 2 is 2.06 bits per heavy atom. The quantitative estimate of drug-likeness (QED) is 0.473. The Kier molecular flexibility index (Phi) is 3.32. The monoisotopic (exact) mass is 336 g/mol. The van der Waals surface area contributed by atoms with E-state index in [0.29, 0.717) is 17.5 Å². The molecule has 1 aromatic carbocycles. The van der Waals surface area contributed by atoms with Crippen LogP contribution in [0.3, 0.4) is 0 Å². The number of carbonyl (C=O) groups excluding carboxylic acids is 1. The molecule has 0 N–H and O–H groups in total. The van der Waals surface area contributed by atoms with E-state index in [4.69, 9.17) is 9.47 Å². The van der Waals surface area contributed by atoms with E-state index < -0.39 is 11.8 Å². The first kappa shape index (κ1) is 11.6. The van der Waals surface area contributed by atoms with Gasteiger partial charge in [-0.2, -0.15) is 0 Å². The van der Waals surface area contributed by atoms with E-state index in [1.807, 2.05) is 0 Å². The fourth-order valence-electron chi connectivity index (χ4n) is 1.67. The summed E-state index contributed by atoms with van der Waals surface area (Å²) in [5.41, 5.74) is 0.129. The number of cyclic esters (lactones) is 2. The van der Waals surface area contributed by atoms with E-state index in [1.165, 1.54) is 12.1 Å². The lowest BCUT2D eigenvalue weighted by atomic mass is 9.92. The van der Waals surface area contributed by atoms with Gasteiger partial charge in [-0.25, -0.2) is 9.18 Å². The molecule has 1 heterocycles. The Bertz CT molecular complexity index is 393. The van der Waals surface area contributed by atoms with Gasteiger partial charge in [-0.1, -0.05) is 34.7 Å². The van der Waals surface area contributed by atoms with Crippen molar-refractivity contribution in [2.24, 2.45) is 0 Å². The van der Waals surface area contributed by atoms with Gasteiger partial charge in [0.25, 0.3) is 0 Å². The Morgan fingerprint density at radius 1 is 1.38 bits per heavy atom. The maximum Gasteiger partial charge on any atom is 0.509 e. The normalized spacial score (nSPS) is 24.8. The molecule has 0 aromatic heterocycles.